The van der Waals surface area contributed by atoms with E-state index in [1.54, 1.807) is 7.11 Å². The van der Waals surface area contributed by atoms with Gasteiger partial charge in [-0.3, -0.25) is 0 Å². The maximum atomic E-state index is 6.23. The summed E-state index contributed by atoms with van der Waals surface area (Å²) < 4.78 is 5.20. The van der Waals surface area contributed by atoms with Gasteiger partial charge in [0.1, 0.15) is 5.75 Å². The molecular weight excluding hydrogens is 196 g/mol. The van der Waals surface area contributed by atoms with Crippen LogP contribution >= 0.6 is 11.6 Å². The smallest absolute Gasteiger partial charge is 0.121 e. The first-order valence-electron chi connectivity index (χ1n) is 4.97. The Morgan fingerprint density at radius 1 is 1.43 bits per heavy atom. The third kappa shape index (κ3) is 2.65. The van der Waals surface area contributed by atoms with Gasteiger partial charge in [-0.05, 0) is 30.5 Å². The number of benzene rings is 1. The molecule has 0 spiro atoms. The van der Waals surface area contributed by atoms with Crippen LogP contribution in [-0.4, -0.2) is 7.11 Å². The third-order valence-electron chi connectivity index (χ3n) is 2.32. The number of halogens is 1. The molecule has 0 amide bonds. The summed E-state index contributed by atoms with van der Waals surface area (Å²) in [5.41, 5.74) is 2.33. The Kier molecular flexibility index (Phi) is 4.27. The number of hydrogen-bond acceptors (Lipinski definition) is 1. The predicted octanol–water partition coefficient (Wildman–Crippen LogP) is 4.08. The molecule has 1 aromatic rings. The quantitative estimate of drug-likeness (QED) is 0.684. The minimum atomic E-state index is 0.129. The minimum Gasteiger partial charge on any atom is -0.496 e. The molecule has 0 aliphatic carbocycles. The van der Waals surface area contributed by atoms with Crippen molar-refractivity contribution in [2.75, 3.05) is 7.11 Å². The summed E-state index contributed by atoms with van der Waals surface area (Å²) in [7, 11) is 1.69. The van der Waals surface area contributed by atoms with E-state index in [1.165, 1.54) is 5.56 Å². The molecule has 1 rings (SSSR count). The van der Waals surface area contributed by atoms with E-state index in [0.29, 0.717) is 0 Å². The second-order valence-electron chi connectivity index (χ2n) is 3.49. The van der Waals surface area contributed by atoms with Crippen molar-refractivity contribution < 1.29 is 4.74 Å². The van der Waals surface area contributed by atoms with Crippen LogP contribution in [0, 0.1) is 6.92 Å². The predicted molar refractivity (Wildman–Crippen MR) is 61.2 cm³/mol. The summed E-state index contributed by atoms with van der Waals surface area (Å²) in [6.45, 7) is 4.18. The average molecular weight is 213 g/mol. The Morgan fingerprint density at radius 2 is 2.14 bits per heavy atom. The van der Waals surface area contributed by atoms with Crippen LogP contribution in [0.3, 0.4) is 0 Å². The normalized spacial score (nSPS) is 12.6. The summed E-state index contributed by atoms with van der Waals surface area (Å²) in [4.78, 5) is 0. The third-order valence-corrected chi connectivity index (χ3v) is 2.79. The van der Waals surface area contributed by atoms with E-state index < -0.39 is 0 Å². The molecule has 0 aliphatic heterocycles. The fraction of sp³-hybridized carbons (Fsp3) is 0.500. The molecule has 1 atom stereocenters. The lowest BCUT2D eigenvalue weighted by Crippen LogP contribution is -1.93. The number of methoxy groups -OCH3 is 1. The van der Waals surface area contributed by atoms with Gasteiger partial charge in [0.2, 0.25) is 0 Å². The van der Waals surface area contributed by atoms with Crippen molar-refractivity contribution in [2.24, 2.45) is 0 Å². The fourth-order valence-corrected chi connectivity index (χ4v) is 1.87. The fourth-order valence-electron chi connectivity index (χ4n) is 1.52. The highest BCUT2D eigenvalue weighted by Gasteiger charge is 2.08. The van der Waals surface area contributed by atoms with Crippen molar-refractivity contribution in [1.82, 2.24) is 0 Å². The van der Waals surface area contributed by atoms with Crippen molar-refractivity contribution in [1.29, 1.82) is 0 Å². The number of aryl methyl sites for hydroxylation is 1. The van der Waals surface area contributed by atoms with Gasteiger partial charge in [-0.25, -0.2) is 0 Å². The molecule has 0 aromatic heterocycles. The Balaban J connectivity index is 2.85. The second-order valence-corrected chi connectivity index (χ2v) is 4.01. The number of hydrogen-bond donors (Lipinski definition) is 0. The molecule has 78 valence electrons. The van der Waals surface area contributed by atoms with E-state index in [4.69, 9.17) is 16.3 Å². The van der Waals surface area contributed by atoms with Crippen LogP contribution < -0.4 is 4.74 Å². The highest BCUT2D eigenvalue weighted by molar-refractivity contribution is 6.20. The zero-order chi connectivity index (χ0) is 10.6. The lowest BCUT2D eigenvalue weighted by atomic mass is 10.0. The summed E-state index contributed by atoms with van der Waals surface area (Å²) in [5.74, 6) is 0.925. The second kappa shape index (κ2) is 5.26. The van der Waals surface area contributed by atoms with E-state index >= 15 is 0 Å². The van der Waals surface area contributed by atoms with Gasteiger partial charge >= 0.3 is 0 Å². The molecule has 2 heteroatoms. The Hall–Kier alpha value is -0.690. The van der Waals surface area contributed by atoms with Crippen molar-refractivity contribution in [3.05, 3.63) is 29.3 Å². The van der Waals surface area contributed by atoms with E-state index in [2.05, 4.69) is 13.0 Å². The number of rotatable bonds is 4. The molecule has 0 saturated heterocycles. The van der Waals surface area contributed by atoms with Crippen LogP contribution in [0.5, 0.6) is 5.75 Å². The van der Waals surface area contributed by atoms with E-state index in [-0.39, 0.29) is 5.38 Å². The zero-order valence-electron chi connectivity index (χ0n) is 9.01. The molecule has 0 N–H and O–H groups in total. The molecule has 1 nitrogen and oxygen atoms in total. The maximum Gasteiger partial charge on any atom is 0.121 e. The van der Waals surface area contributed by atoms with Gasteiger partial charge in [-0.15, -0.1) is 11.6 Å². The van der Waals surface area contributed by atoms with Gasteiger partial charge in [-0.2, -0.15) is 0 Å². The molecule has 0 aliphatic rings. The standard InChI is InChI=1S/C12H17ClO/c1-4-5-11(13)10-6-7-12(14-3)9(2)8-10/h6-8,11H,4-5H2,1-3H3. The SMILES string of the molecule is CCCC(Cl)c1ccc(OC)c(C)c1. The molecule has 0 fully saturated rings. The Bertz CT molecular complexity index is 296. The largest absolute Gasteiger partial charge is 0.496 e. The van der Waals surface area contributed by atoms with Gasteiger partial charge in [0.15, 0.2) is 0 Å². The minimum absolute atomic E-state index is 0.129. The van der Waals surface area contributed by atoms with Crippen molar-refractivity contribution in [3.63, 3.8) is 0 Å². The van der Waals surface area contributed by atoms with Crippen molar-refractivity contribution in [2.45, 2.75) is 32.1 Å². The molecular formula is C12H17ClO. The average Bonchev–Trinajstić information content (AvgIpc) is 2.18. The number of ether oxygens (including phenoxy) is 1. The van der Waals surface area contributed by atoms with Crippen molar-refractivity contribution >= 4 is 11.6 Å². The first-order chi connectivity index (χ1) is 6.69. The van der Waals surface area contributed by atoms with E-state index in [0.717, 1.165) is 24.2 Å². The van der Waals surface area contributed by atoms with Crippen LogP contribution in [0.25, 0.3) is 0 Å². The molecule has 0 radical (unpaired) electrons. The molecule has 14 heavy (non-hydrogen) atoms. The lowest BCUT2D eigenvalue weighted by Gasteiger charge is -2.11. The summed E-state index contributed by atoms with van der Waals surface area (Å²) >= 11 is 6.23. The highest BCUT2D eigenvalue weighted by atomic mass is 35.5. The van der Waals surface area contributed by atoms with E-state index in [9.17, 15) is 0 Å². The maximum absolute atomic E-state index is 6.23. The molecule has 0 bridgehead atoms. The van der Waals surface area contributed by atoms with Crippen LogP contribution in [0.4, 0.5) is 0 Å². The number of alkyl halides is 1. The van der Waals surface area contributed by atoms with Gasteiger partial charge in [0.25, 0.3) is 0 Å². The van der Waals surface area contributed by atoms with Crippen LogP contribution in [0.1, 0.15) is 36.3 Å². The zero-order valence-corrected chi connectivity index (χ0v) is 9.77. The monoisotopic (exact) mass is 212 g/mol. The van der Waals surface area contributed by atoms with Crippen molar-refractivity contribution in [3.8, 4) is 5.75 Å². The van der Waals surface area contributed by atoms with Gasteiger partial charge in [-0.1, -0.05) is 25.5 Å². The summed E-state index contributed by atoms with van der Waals surface area (Å²) in [5, 5.41) is 0.129. The first-order valence-corrected chi connectivity index (χ1v) is 5.41. The molecule has 1 unspecified atom stereocenters. The lowest BCUT2D eigenvalue weighted by molar-refractivity contribution is 0.411. The highest BCUT2D eigenvalue weighted by Crippen LogP contribution is 2.29. The van der Waals surface area contributed by atoms with E-state index in [1.807, 2.05) is 19.1 Å². The Labute approximate surface area is 91.0 Å². The summed E-state index contributed by atoms with van der Waals surface area (Å²) in [6.07, 6.45) is 2.13. The molecule has 0 heterocycles. The summed E-state index contributed by atoms with van der Waals surface area (Å²) in [6, 6.07) is 6.13. The topological polar surface area (TPSA) is 9.23 Å². The molecule has 0 saturated carbocycles. The van der Waals surface area contributed by atoms with Crippen LogP contribution in [0.2, 0.25) is 0 Å². The first kappa shape index (κ1) is 11.4. The van der Waals surface area contributed by atoms with Gasteiger partial charge in [0.05, 0.1) is 12.5 Å². The van der Waals surface area contributed by atoms with Crippen LogP contribution in [-0.2, 0) is 0 Å². The van der Waals surface area contributed by atoms with Crippen LogP contribution in [0.15, 0.2) is 18.2 Å². The Morgan fingerprint density at radius 3 is 2.64 bits per heavy atom. The molecule has 1 aromatic carbocycles. The van der Waals surface area contributed by atoms with Gasteiger partial charge in [0, 0.05) is 0 Å². The van der Waals surface area contributed by atoms with Gasteiger partial charge < -0.3 is 4.74 Å².